The van der Waals surface area contributed by atoms with Gasteiger partial charge in [-0.15, -0.1) is 0 Å². The first kappa shape index (κ1) is 15.9. The predicted octanol–water partition coefficient (Wildman–Crippen LogP) is 2.61. The molecule has 2 heterocycles. The van der Waals surface area contributed by atoms with Gasteiger partial charge in [0.1, 0.15) is 12.7 Å². The van der Waals surface area contributed by atoms with Crippen molar-refractivity contribution in [1.29, 1.82) is 0 Å². The molecule has 0 saturated heterocycles. The van der Waals surface area contributed by atoms with Crippen molar-refractivity contribution in [1.82, 2.24) is 5.32 Å². The molecule has 0 aliphatic carbocycles. The highest BCUT2D eigenvalue weighted by Gasteiger charge is 2.20. The van der Waals surface area contributed by atoms with E-state index in [9.17, 15) is 0 Å². The van der Waals surface area contributed by atoms with Crippen LogP contribution in [0.15, 0.2) is 42.5 Å². The molecular formula is C19H21NO5. The van der Waals surface area contributed by atoms with Crippen LogP contribution >= 0.6 is 0 Å². The van der Waals surface area contributed by atoms with Crippen LogP contribution in [-0.2, 0) is 0 Å². The van der Waals surface area contributed by atoms with E-state index in [1.165, 1.54) is 0 Å². The molecule has 1 N–H and O–H groups in total. The molecule has 0 radical (unpaired) electrons. The number of rotatable bonds is 7. The second-order valence-electron chi connectivity index (χ2n) is 5.89. The standard InChI is InChI=1S/C19H21NO5/c1-2-6-16-15(5-1)22-12-14(25-16)11-20-9-4-10-21-17-7-3-8-18-19(17)24-13-23-18/h1-3,5-8,14,20H,4,9-13H2/t14-/m0/s1. The average molecular weight is 343 g/mol. The van der Waals surface area contributed by atoms with Crippen molar-refractivity contribution in [2.24, 2.45) is 0 Å². The minimum absolute atomic E-state index is 0.0266. The summed E-state index contributed by atoms with van der Waals surface area (Å²) >= 11 is 0. The van der Waals surface area contributed by atoms with Crippen molar-refractivity contribution in [3.63, 3.8) is 0 Å². The molecule has 2 aromatic carbocycles. The van der Waals surface area contributed by atoms with Gasteiger partial charge in [-0.2, -0.15) is 0 Å². The number of para-hydroxylation sites is 3. The highest BCUT2D eigenvalue weighted by molar-refractivity contribution is 5.52. The van der Waals surface area contributed by atoms with E-state index in [1.807, 2.05) is 42.5 Å². The van der Waals surface area contributed by atoms with Crippen LogP contribution in [0.3, 0.4) is 0 Å². The lowest BCUT2D eigenvalue weighted by molar-refractivity contribution is 0.0902. The van der Waals surface area contributed by atoms with E-state index >= 15 is 0 Å². The summed E-state index contributed by atoms with van der Waals surface area (Å²) < 4.78 is 28.2. The third-order valence-electron chi connectivity index (χ3n) is 4.06. The molecule has 6 nitrogen and oxygen atoms in total. The molecule has 25 heavy (non-hydrogen) atoms. The fourth-order valence-electron chi connectivity index (χ4n) is 2.82. The number of hydrogen-bond donors (Lipinski definition) is 1. The third kappa shape index (κ3) is 3.74. The summed E-state index contributed by atoms with van der Waals surface area (Å²) in [7, 11) is 0. The second kappa shape index (κ2) is 7.53. The van der Waals surface area contributed by atoms with Crippen LogP contribution in [0.2, 0.25) is 0 Å². The number of hydrogen-bond acceptors (Lipinski definition) is 6. The number of fused-ring (bicyclic) bond motifs is 2. The lowest BCUT2D eigenvalue weighted by Crippen LogP contribution is -2.39. The Balaban J connectivity index is 1.15. The Morgan fingerprint density at radius 3 is 2.80 bits per heavy atom. The topological polar surface area (TPSA) is 58.2 Å². The van der Waals surface area contributed by atoms with E-state index in [2.05, 4.69) is 5.32 Å². The highest BCUT2D eigenvalue weighted by atomic mass is 16.7. The zero-order valence-electron chi connectivity index (χ0n) is 13.9. The SMILES string of the molecule is c1ccc2c(c1)OC[C@H](CNCCCOc1cccc3c1OCO3)O2. The maximum absolute atomic E-state index is 5.91. The van der Waals surface area contributed by atoms with Crippen molar-refractivity contribution < 1.29 is 23.7 Å². The van der Waals surface area contributed by atoms with Crippen LogP contribution in [0.5, 0.6) is 28.7 Å². The van der Waals surface area contributed by atoms with Crippen molar-refractivity contribution in [3.8, 4) is 28.7 Å². The Morgan fingerprint density at radius 1 is 0.960 bits per heavy atom. The van der Waals surface area contributed by atoms with Crippen LogP contribution in [0, 0.1) is 0 Å². The van der Waals surface area contributed by atoms with Gasteiger partial charge in [-0.05, 0) is 37.2 Å². The van der Waals surface area contributed by atoms with E-state index in [4.69, 9.17) is 23.7 Å². The van der Waals surface area contributed by atoms with Crippen LogP contribution < -0.4 is 29.0 Å². The van der Waals surface area contributed by atoms with Gasteiger partial charge in [0.2, 0.25) is 12.5 Å². The van der Waals surface area contributed by atoms with E-state index in [-0.39, 0.29) is 12.9 Å². The number of nitrogens with one attached hydrogen (secondary N) is 1. The summed E-state index contributed by atoms with van der Waals surface area (Å²) in [6.45, 7) is 3.01. The zero-order valence-corrected chi connectivity index (χ0v) is 13.9. The predicted molar refractivity (Wildman–Crippen MR) is 91.9 cm³/mol. The van der Waals surface area contributed by atoms with Gasteiger partial charge in [0.15, 0.2) is 23.0 Å². The largest absolute Gasteiger partial charge is 0.489 e. The normalized spacial score (nSPS) is 17.4. The maximum atomic E-state index is 5.91. The van der Waals surface area contributed by atoms with E-state index in [1.54, 1.807) is 0 Å². The molecule has 2 aromatic rings. The van der Waals surface area contributed by atoms with Gasteiger partial charge in [0, 0.05) is 6.54 Å². The number of benzene rings is 2. The lowest BCUT2D eigenvalue weighted by atomic mass is 10.2. The first-order valence-corrected chi connectivity index (χ1v) is 8.51. The van der Waals surface area contributed by atoms with Gasteiger partial charge in [-0.3, -0.25) is 0 Å². The molecule has 4 rings (SSSR count). The number of ether oxygens (including phenoxy) is 5. The third-order valence-corrected chi connectivity index (χ3v) is 4.06. The van der Waals surface area contributed by atoms with Crippen molar-refractivity contribution in [2.45, 2.75) is 12.5 Å². The van der Waals surface area contributed by atoms with Gasteiger partial charge in [-0.25, -0.2) is 0 Å². The van der Waals surface area contributed by atoms with Gasteiger partial charge in [0.25, 0.3) is 0 Å². The Morgan fingerprint density at radius 2 is 1.84 bits per heavy atom. The Hall–Kier alpha value is -2.60. The molecule has 0 saturated carbocycles. The molecule has 0 spiro atoms. The Labute approximate surface area is 146 Å². The minimum Gasteiger partial charge on any atom is -0.489 e. The fourth-order valence-corrected chi connectivity index (χ4v) is 2.82. The summed E-state index contributed by atoms with van der Waals surface area (Å²) in [6, 6.07) is 13.4. The molecule has 0 unspecified atom stereocenters. The summed E-state index contributed by atoms with van der Waals surface area (Å²) in [4.78, 5) is 0. The summed E-state index contributed by atoms with van der Waals surface area (Å²) in [6.07, 6.45) is 0.910. The molecule has 0 fully saturated rings. The molecule has 1 atom stereocenters. The molecule has 2 aliphatic rings. The molecule has 0 amide bonds. The summed E-state index contributed by atoms with van der Waals surface area (Å²) in [5.74, 6) is 3.79. The molecular weight excluding hydrogens is 322 g/mol. The van der Waals surface area contributed by atoms with Gasteiger partial charge in [0.05, 0.1) is 6.61 Å². The van der Waals surface area contributed by atoms with Crippen LogP contribution in [0.25, 0.3) is 0 Å². The fraction of sp³-hybridized carbons (Fsp3) is 0.368. The van der Waals surface area contributed by atoms with Gasteiger partial charge >= 0.3 is 0 Å². The van der Waals surface area contributed by atoms with E-state index in [0.29, 0.717) is 19.0 Å². The first-order chi connectivity index (χ1) is 12.4. The second-order valence-corrected chi connectivity index (χ2v) is 5.89. The van der Waals surface area contributed by atoms with E-state index in [0.717, 1.165) is 42.5 Å². The Bertz CT molecular complexity index is 721. The molecule has 0 aromatic heterocycles. The van der Waals surface area contributed by atoms with Crippen LogP contribution in [-0.4, -0.2) is 39.2 Å². The molecule has 6 heteroatoms. The molecule has 0 bridgehead atoms. The lowest BCUT2D eigenvalue weighted by Gasteiger charge is -2.26. The zero-order chi connectivity index (χ0) is 16.9. The van der Waals surface area contributed by atoms with E-state index < -0.39 is 0 Å². The van der Waals surface area contributed by atoms with Crippen molar-refractivity contribution >= 4 is 0 Å². The van der Waals surface area contributed by atoms with Crippen LogP contribution in [0.1, 0.15) is 6.42 Å². The quantitative estimate of drug-likeness (QED) is 0.780. The first-order valence-electron chi connectivity index (χ1n) is 8.51. The smallest absolute Gasteiger partial charge is 0.231 e. The molecule has 132 valence electrons. The van der Waals surface area contributed by atoms with Gasteiger partial charge in [-0.1, -0.05) is 18.2 Å². The average Bonchev–Trinajstić information content (AvgIpc) is 3.14. The molecule has 2 aliphatic heterocycles. The van der Waals surface area contributed by atoms with Crippen LogP contribution in [0.4, 0.5) is 0 Å². The maximum Gasteiger partial charge on any atom is 0.231 e. The minimum atomic E-state index is 0.0266. The Kier molecular flexibility index (Phi) is 4.79. The van der Waals surface area contributed by atoms with Crippen molar-refractivity contribution in [2.75, 3.05) is 33.1 Å². The highest BCUT2D eigenvalue weighted by Crippen LogP contribution is 2.40. The van der Waals surface area contributed by atoms with Crippen molar-refractivity contribution in [3.05, 3.63) is 42.5 Å². The monoisotopic (exact) mass is 343 g/mol. The summed E-state index contributed by atoms with van der Waals surface area (Å²) in [5, 5.41) is 3.38. The summed E-state index contributed by atoms with van der Waals surface area (Å²) in [5.41, 5.74) is 0. The van der Waals surface area contributed by atoms with Gasteiger partial charge < -0.3 is 29.0 Å².